The first kappa shape index (κ1) is 9.71. The van der Waals surface area contributed by atoms with Crippen LogP contribution in [0.25, 0.3) is 0 Å². The normalized spacial score (nSPS) is 11.2. The van der Waals surface area contributed by atoms with Crippen molar-refractivity contribution in [3.05, 3.63) is 24.3 Å². The first-order valence-corrected chi connectivity index (χ1v) is 4.04. The minimum Gasteiger partial charge on any atom is -0.286 e. The molecule has 0 aliphatic carbocycles. The molecule has 6 heteroatoms. The van der Waals surface area contributed by atoms with E-state index in [1.54, 1.807) is 6.07 Å². The molecule has 0 N–H and O–H groups in total. The zero-order chi connectivity index (χ0) is 9.19. The van der Waals surface area contributed by atoms with E-state index >= 15 is 0 Å². The van der Waals surface area contributed by atoms with Crippen molar-refractivity contribution in [2.45, 2.75) is 3.79 Å². The first-order chi connectivity index (χ1) is 5.52. The molecule has 1 aromatic rings. The van der Waals surface area contributed by atoms with E-state index in [-0.39, 0.29) is 5.82 Å². The standard InChI is InChI=1S/C6H3Cl3N2O/c7-6(8,9)4(12)5-10-2-1-3-11-5/h1-3H. The van der Waals surface area contributed by atoms with Crippen LogP contribution < -0.4 is 0 Å². The number of carbonyl (C=O) groups excluding carboxylic acids is 1. The zero-order valence-corrected chi connectivity index (χ0v) is 7.94. The van der Waals surface area contributed by atoms with Crippen LogP contribution in [0.4, 0.5) is 0 Å². The van der Waals surface area contributed by atoms with E-state index in [9.17, 15) is 4.79 Å². The van der Waals surface area contributed by atoms with Crippen molar-refractivity contribution in [2.24, 2.45) is 0 Å². The fourth-order valence-corrected chi connectivity index (χ4v) is 0.797. The second-order valence-electron chi connectivity index (χ2n) is 1.90. The van der Waals surface area contributed by atoms with Crippen LogP contribution >= 0.6 is 34.8 Å². The molecule has 0 radical (unpaired) electrons. The summed E-state index contributed by atoms with van der Waals surface area (Å²) in [6, 6.07) is 1.56. The van der Waals surface area contributed by atoms with Crippen molar-refractivity contribution < 1.29 is 4.79 Å². The molecule has 0 bridgehead atoms. The number of hydrogen-bond acceptors (Lipinski definition) is 3. The summed E-state index contributed by atoms with van der Waals surface area (Å²) in [7, 11) is 0. The predicted molar refractivity (Wildman–Crippen MR) is 46.7 cm³/mol. The lowest BCUT2D eigenvalue weighted by Gasteiger charge is -2.06. The number of hydrogen-bond donors (Lipinski definition) is 0. The van der Waals surface area contributed by atoms with Crippen LogP contribution in [0.5, 0.6) is 0 Å². The monoisotopic (exact) mass is 224 g/mol. The second kappa shape index (κ2) is 3.56. The van der Waals surface area contributed by atoms with E-state index in [1.807, 2.05) is 0 Å². The lowest BCUT2D eigenvalue weighted by Crippen LogP contribution is -2.21. The van der Waals surface area contributed by atoms with Gasteiger partial charge in [-0.2, -0.15) is 0 Å². The Morgan fingerprint density at radius 1 is 1.25 bits per heavy atom. The van der Waals surface area contributed by atoms with Gasteiger partial charge < -0.3 is 0 Å². The number of carbonyl (C=O) groups is 1. The van der Waals surface area contributed by atoms with E-state index in [1.165, 1.54) is 12.4 Å². The Morgan fingerprint density at radius 3 is 2.17 bits per heavy atom. The maximum Gasteiger partial charge on any atom is 0.256 e. The van der Waals surface area contributed by atoms with Gasteiger partial charge in [-0.1, -0.05) is 34.8 Å². The molecule has 0 saturated heterocycles. The van der Waals surface area contributed by atoms with Gasteiger partial charge >= 0.3 is 0 Å². The van der Waals surface area contributed by atoms with Gasteiger partial charge in [0.05, 0.1) is 0 Å². The molecule has 0 aromatic carbocycles. The Morgan fingerprint density at radius 2 is 1.75 bits per heavy atom. The molecule has 0 unspecified atom stereocenters. The molecule has 0 spiro atoms. The van der Waals surface area contributed by atoms with Crippen LogP contribution in [0.1, 0.15) is 10.6 Å². The van der Waals surface area contributed by atoms with Crippen LogP contribution in [-0.2, 0) is 0 Å². The summed E-state index contributed by atoms with van der Waals surface area (Å²) in [6.45, 7) is 0. The Bertz CT molecular complexity index is 283. The van der Waals surface area contributed by atoms with Crippen LogP contribution in [0.2, 0.25) is 0 Å². The molecule has 1 heterocycles. The van der Waals surface area contributed by atoms with E-state index < -0.39 is 9.58 Å². The Balaban J connectivity index is 2.94. The largest absolute Gasteiger partial charge is 0.286 e. The highest BCUT2D eigenvalue weighted by Crippen LogP contribution is 2.28. The van der Waals surface area contributed by atoms with Crippen molar-refractivity contribution in [2.75, 3.05) is 0 Å². The second-order valence-corrected chi connectivity index (χ2v) is 4.18. The summed E-state index contributed by atoms with van der Waals surface area (Å²) in [5, 5.41) is 0. The van der Waals surface area contributed by atoms with Crippen molar-refractivity contribution in [1.82, 2.24) is 9.97 Å². The average molecular weight is 225 g/mol. The van der Waals surface area contributed by atoms with Crippen LogP contribution in [0, 0.1) is 0 Å². The SMILES string of the molecule is O=C(c1ncccn1)C(Cl)(Cl)Cl. The molecule has 64 valence electrons. The third-order valence-electron chi connectivity index (χ3n) is 1.03. The molecule has 0 fully saturated rings. The Labute approximate surface area is 83.7 Å². The van der Waals surface area contributed by atoms with Gasteiger partial charge in [-0.05, 0) is 6.07 Å². The van der Waals surface area contributed by atoms with E-state index in [2.05, 4.69) is 9.97 Å². The van der Waals surface area contributed by atoms with Crippen molar-refractivity contribution in [1.29, 1.82) is 0 Å². The van der Waals surface area contributed by atoms with Gasteiger partial charge in [0.2, 0.25) is 5.82 Å². The van der Waals surface area contributed by atoms with Crippen molar-refractivity contribution in [3.8, 4) is 0 Å². The highest BCUT2D eigenvalue weighted by molar-refractivity contribution is 6.77. The average Bonchev–Trinajstić information content (AvgIpc) is 2.03. The molecule has 1 aromatic heterocycles. The summed E-state index contributed by atoms with van der Waals surface area (Å²) in [6.07, 6.45) is 2.80. The van der Waals surface area contributed by atoms with E-state index in [4.69, 9.17) is 34.8 Å². The fourth-order valence-electron chi connectivity index (χ4n) is 0.543. The quantitative estimate of drug-likeness (QED) is 0.542. The highest BCUT2D eigenvalue weighted by atomic mass is 35.6. The molecule has 0 saturated carbocycles. The highest BCUT2D eigenvalue weighted by Gasteiger charge is 2.33. The summed E-state index contributed by atoms with van der Waals surface area (Å²) >= 11 is 16.0. The zero-order valence-electron chi connectivity index (χ0n) is 5.67. The number of halogens is 3. The number of rotatable bonds is 1. The summed E-state index contributed by atoms with van der Waals surface area (Å²) in [5.41, 5.74) is 0. The van der Waals surface area contributed by atoms with Crippen LogP contribution in [-0.4, -0.2) is 19.5 Å². The fraction of sp³-hybridized carbons (Fsp3) is 0.167. The number of ketones is 1. The first-order valence-electron chi connectivity index (χ1n) is 2.90. The minimum absolute atomic E-state index is 0.0995. The van der Waals surface area contributed by atoms with Gasteiger partial charge in [0.15, 0.2) is 0 Å². The molecule has 12 heavy (non-hydrogen) atoms. The third kappa shape index (κ3) is 2.30. The van der Waals surface area contributed by atoms with Crippen molar-refractivity contribution >= 4 is 40.6 Å². The molecule has 0 aliphatic rings. The number of Topliss-reactive ketones (excluding diaryl/α,β-unsaturated/α-hetero) is 1. The molecule has 0 atom stereocenters. The van der Waals surface area contributed by atoms with Gasteiger partial charge in [-0.15, -0.1) is 0 Å². The number of aromatic nitrogens is 2. The molecule has 0 amide bonds. The van der Waals surface area contributed by atoms with Gasteiger partial charge in [0.25, 0.3) is 9.58 Å². The molecule has 1 rings (SSSR count). The molecule has 3 nitrogen and oxygen atoms in total. The van der Waals surface area contributed by atoms with Gasteiger partial charge in [0, 0.05) is 12.4 Å². The predicted octanol–water partition coefficient (Wildman–Crippen LogP) is 2.03. The minimum atomic E-state index is -1.98. The Hall–Kier alpha value is -0.380. The Kier molecular flexibility index (Phi) is 2.88. The van der Waals surface area contributed by atoms with Crippen LogP contribution in [0.3, 0.4) is 0 Å². The summed E-state index contributed by atoms with van der Waals surface area (Å²) < 4.78 is -1.98. The smallest absolute Gasteiger partial charge is 0.256 e. The van der Waals surface area contributed by atoms with E-state index in [0.717, 1.165) is 0 Å². The van der Waals surface area contributed by atoms with Gasteiger partial charge in [0.1, 0.15) is 0 Å². The lowest BCUT2D eigenvalue weighted by molar-refractivity contribution is 0.0986. The topological polar surface area (TPSA) is 42.9 Å². The van der Waals surface area contributed by atoms with Crippen LogP contribution in [0.15, 0.2) is 18.5 Å². The molecular weight excluding hydrogens is 222 g/mol. The van der Waals surface area contributed by atoms with E-state index in [0.29, 0.717) is 0 Å². The maximum atomic E-state index is 11.1. The molecular formula is C6H3Cl3N2O. The third-order valence-corrected chi connectivity index (χ3v) is 1.54. The number of alkyl halides is 3. The van der Waals surface area contributed by atoms with Gasteiger partial charge in [-0.25, -0.2) is 9.97 Å². The van der Waals surface area contributed by atoms with Gasteiger partial charge in [-0.3, -0.25) is 4.79 Å². The lowest BCUT2D eigenvalue weighted by atomic mass is 10.4. The molecule has 0 aliphatic heterocycles. The summed E-state index contributed by atoms with van der Waals surface area (Å²) in [4.78, 5) is 18.4. The van der Waals surface area contributed by atoms with Crippen molar-refractivity contribution in [3.63, 3.8) is 0 Å². The maximum absolute atomic E-state index is 11.1. The number of nitrogens with zero attached hydrogens (tertiary/aromatic N) is 2. The summed E-state index contributed by atoms with van der Waals surface area (Å²) in [5.74, 6) is -0.828.